The molecule has 1 rings (SSSR count). The lowest BCUT2D eigenvalue weighted by molar-refractivity contribution is 0.496. The van der Waals surface area contributed by atoms with Gasteiger partial charge in [0.15, 0.2) is 0 Å². The van der Waals surface area contributed by atoms with E-state index in [1.807, 2.05) is 13.2 Å². The van der Waals surface area contributed by atoms with Crippen LogP contribution in [0.3, 0.4) is 0 Å². The van der Waals surface area contributed by atoms with Crippen LogP contribution in [0.1, 0.15) is 6.42 Å². The van der Waals surface area contributed by atoms with Gasteiger partial charge in [0.2, 0.25) is 0 Å². The van der Waals surface area contributed by atoms with E-state index < -0.39 is 0 Å². The Balaban J connectivity index is 2.50. The second-order valence-corrected chi connectivity index (χ2v) is 1.93. The molecule has 36 valence electrons. The van der Waals surface area contributed by atoms with Gasteiger partial charge in [-0.1, -0.05) is 0 Å². The smallest absolute Gasteiger partial charge is 0.109 e. The Labute approximate surface area is 45.4 Å². The second-order valence-electron chi connectivity index (χ2n) is 1.93. The van der Waals surface area contributed by atoms with E-state index in [4.69, 9.17) is 7.85 Å². The fourth-order valence-corrected chi connectivity index (χ4v) is 0.718. The second kappa shape index (κ2) is 1.61. The third kappa shape index (κ3) is 0.984. The van der Waals surface area contributed by atoms with Crippen LogP contribution in [0.2, 0.25) is 0 Å². The Bertz CT molecular complexity index is 98.3. The first-order valence-electron chi connectivity index (χ1n) is 2.45. The molecule has 0 aromatic rings. The standard InChI is InChI=1S/C5H8BN/c1-7-3-2-5(6)4-7/h4H,2-3H2,1H3. The molecule has 0 N–H and O–H groups in total. The highest BCUT2D eigenvalue weighted by Gasteiger charge is 2.00. The summed E-state index contributed by atoms with van der Waals surface area (Å²) in [6.07, 6.45) is 3.01. The van der Waals surface area contributed by atoms with Gasteiger partial charge in [0.25, 0.3) is 0 Å². The fourth-order valence-electron chi connectivity index (χ4n) is 0.718. The first kappa shape index (κ1) is 4.76. The van der Waals surface area contributed by atoms with Crippen LogP contribution in [-0.2, 0) is 0 Å². The third-order valence-corrected chi connectivity index (χ3v) is 1.14. The van der Waals surface area contributed by atoms with Crippen LogP contribution in [0.15, 0.2) is 11.7 Å². The average Bonchev–Trinajstić information content (AvgIpc) is 1.87. The molecule has 0 saturated heterocycles. The van der Waals surface area contributed by atoms with Gasteiger partial charge in [0.05, 0.1) is 0 Å². The van der Waals surface area contributed by atoms with E-state index in [0.717, 1.165) is 18.4 Å². The number of nitrogens with zero attached hydrogens (tertiary/aromatic N) is 1. The van der Waals surface area contributed by atoms with Crippen LogP contribution in [0.4, 0.5) is 0 Å². The molecular formula is C5H8BN. The molecule has 0 spiro atoms. The Kier molecular flexibility index (Phi) is 1.09. The molecule has 1 aliphatic heterocycles. The summed E-state index contributed by atoms with van der Waals surface area (Å²) in [7, 11) is 7.47. The maximum atomic E-state index is 5.44. The van der Waals surface area contributed by atoms with Crippen molar-refractivity contribution < 1.29 is 0 Å². The Morgan fingerprint density at radius 2 is 2.57 bits per heavy atom. The lowest BCUT2D eigenvalue weighted by Crippen LogP contribution is -2.04. The van der Waals surface area contributed by atoms with Gasteiger partial charge in [-0.25, -0.2) is 0 Å². The van der Waals surface area contributed by atoms with Crippen molar-refractivity contribution in [3.63, 3.8) is 0 Å². The molecule has 7 heavy (non-hydrogen) atoms. The Morgan fingerprint density at radius 3 is 2.71 bits per heavy atom. The molecule has 0 unspecified atom stereocenters. The van der Waals surface area contributed by atoms with Crippen molar-refractivity contribution in [3.05, 3.63) is 11.7 Å². The summed E-state index contributed by atoms with van der Waals surface area (Å²) in [4.78, 5) is 2.09. The van der Waals surface area contributed by atoms with Crippen LogP contribution < -0.4 is 0 Å². The lowest BCUT2D eigenvalue weighted by Gasteiger charge is -2.02. The molecule has 0 atom stereocenters. The van der Waals surface area contributed by atoms with E-state index in [1.165, 1.54) is 0 Å². The highest BCUT2D eigenvalue weighted by Crippen LogP contribution is 2.06. The van der Waals surface area contributed by atoms with E-state index in [-0.39, 0.29) is 0 Å². The van der Waals surface area contributed by atoms with E-state index in [2.05, 4.69) is 4.90 Å². The van der Waals surface area contributed by atoms with Gasteiger partial charge < -0.3 is 4.90 Å². The minimum atomic E-state index is 1.00. The summed E-state index contributed by atoms with van der Waals surface area (Å²) < 4.78 is 0. The summed E-state index contributed by atoms with van der Waals surface area (Å²) in [5.74, 6) is 0. The maximum Gasteiger partial charge on any atom is 0.109 e. The van der Waals surface area contributed by atoms with E-state index in [1.54, 1.807) is 0 Å². The first-order chi connectivity index (χ1) is 3.29. The Morgan fingerprint density at radius 1 is 1.86 bits per heavy atom. The van der Waals surface area contributed by atoms with Gasteiger partial charge in [0.1, 0.15) is 7.85 Å². The number of rotatable bonds is 0. The third-order valence-electron chi connectivity index (χ3n) is 1.14. The van der Waals surface area contributed by atoms with Crippen LogP contribution in [0.5, 0.6) is 0 Å². The van der Waals surface area contributed by atoms with Gasteiger partial charge in [-0.3, -0.25) is 0 Å². The SMILES string of the molecule is [B]C1=CN(C)CC1. The molecule has 1 heterocycles. The van der Waals surface area contributed by atoms with E-state index in [0.29, 0.717) is 0 Å². The fraction of sp³-hybridized carbons (Fsp3) is 0.600. The maximum absolute atomic E-state index is 5.44. The summed E-state index contributed by atoms with van der Waals surface area (Å²) in [6, 6.07) is 0. The molecule has 2 radical (unpaired) electrons. The number of hydrogen-bond acceptors (Lipinski definition) is 1. The van der Waals surface area contributed by atoms with E-state index in [9.17, 15) is 0 Å². The summed E-state index contributed by atoms with van der Waals surface area (Å²) >= 11 is 0. The zero-order valence-corrected chi connectivity index (χ0v) is 4.52. The van der Waals surface area contributed by atoms with Gasteiger partial charge in [-0.15, -0.1) is 5.47 Å². The molecule has 0 bridgehead atoms. The van der Waals surface area contributed by atoms with Crippen molar-refractivity contribution in [3.8, 4) is 0 Å². The van der Waals surface area contributed by atoms with Crippen molar-refractivity contribution in [2.75, 3.05) is 13.6 Å². The molecule has 0 aliphatic carbocycles. The normalized spacial score (nSPS) is 20.1. The molecule has 2 heteroatoms. The molecule has 0 fully saturated rings. The predicted molar refractivity (Wildman–Crippen MR) is 31.1 cm³/mol. The molecule has 0 aromatic heterocycles. The molecule has 1 aliphatic rings. The topological polar surface area (TPSA) is 3.24 Å². The predicted octanol–water partition coefficient (Wildman–Crippen LogP) is 0.332. The van der Waals surface area contributed by atoms with Gasteiger partial charge in [-0.2, -0.15) is 0 Å². The highest BCUT2D eigenvalue weighted by molar-refractivity contribution is 6.21. The van der Waals surface area contributed by atoms with Crippen molar-refractivity contribution in [1.29, 1.82) is 0 Å². The quantitative estimate of drug-likeness (QED) is 0.390. The van der Waals surface area contributed by atoms with Crippen LogP contribution >= 0.6 is 0 Å². The van der Waals surface area contributed by atoms with Crippen molar-refractivity contribution >= 4 is 7.85 Å². The summed E-state index contributed by atoms with van der Waals surface area (Å²) in [5, 5.41) is 0. The van der Waals surface area contributed by atoms with E-state index >= 15 is 0 Å². The van der Waals surface area contributed by atoms with Gasteiger partial charge in [0, 0.05) is 13.6 Å². The molecule has 0 aromatic carbocycles. The highest BCUT2D eigenvalue weighted by atomic mass is 15.1. The van der Waals surface area contributed by atoms with Crippen molar-refractivity contribution in [2.24, 2.45) is 0 Å². The van der Waals surface area contributed by atoms with Crippen LogP contribution in [0.25, 0.3) is 0 Å². The molecule has 0 saturated carbocycles. The van der Waals surface area contributed by atoms with Gasteiger partial charge >= 0.3 is 0 Å². The first-order valence-corrected chi connectivity index (χ1v) is 2.45. The van der Waals surface area contributed by atoms with Gasteiger partial charge in [-0.05, 0) is 12.6 Å². The average molecular weight is 92.9 g/mol. The molecular weight excluding hydrogens is 84.9 g/mol. The van der Waals surface area contributed by atoms with Crippen molar-refractivity contribution in [1.82, 2.24) is 4.90 Å². The largest absolute Gasteiger partial charge is 0.381 e. The Hall–Kier alpha value is -0.395. The zero-order valence-electron chi connectivity index (χ0n) is 4.52. The summed E-state index contributed by atoms with van der Waals surface area (Å²) in [6.45, 7) is 1.09. The minimum Gasteiger partial charge on any atom is -0.381 e. The van der Waals surface area contributed by atoms with Crippen LogP contribution in [0, 0.1) is 0 Å². The van der Waals surface area contributed by atoms with Crippen LogP contribution in [-0.4, -0.2) is 26.3 Å². The lowest BCUT2D eigenvalue weighted by atomic mass is 9.96. The molecule has 1 nitrogen and oxygen atoms in total. The van der Waals surface area contributed by atoms with Crippen molar-refractivity contribution in [2.45, 2.75) is 6.42 Å². The summed E-state index contributed by atoms with van der Waals surface area (Å²) in [5.41, 5.74) is 1.00. The monoisotopic (exact) mass is 93.1 g/mol. The zero-order chi connectivity index (χ0) is 5.28. The number of hydrogen-bond donors (Lipinski definition) is 0. The minimum absolute atomic E-state index is 1.00. The molecule has 0 amide bonds.